The second-order valence-corrected chi connectivity index (χ2v) is 3.06. The minimum Gasteiger partial charge on any atom is -0.325 e. The van der Waals surface area contributed by atoms with Gasteiger partial charge in [0.05, 0.1) is 11.7 Å². The van der Waals surface area contributed by atoms with Gasteiger partial charge in [0.2, 0.25) is 5.82 Å². The third kappa shape index (κ3) is 1.56. The summed E-state index contributed by atoms with van der Waals surface area (Å²) in [5.74, 6) is -0.932. The average Bonchev–Trinajstić information content (AvgIpc) is 2.59. The van der Waals surface area contributed by atoms with Crippen molar-refractivity contribution in [2.24, 2.45) is 5.73 Å². The molecule has 2 aromatic rings. The van der Waals surface area contributed by atoms with Gasteiger partial charge in [0, 0.05) is 12.2 Å². The topological polar surface area (TPSA) is 43.3 Å². The molecule has 0 aromatic carbocycles. The van der Waals surface area contributed by atoms with Crippen LogP contribution in [-0.4, -0.2) is 9.38 Å². The van der Waals surface area contributed by atoms with Gasteiger partial charge in [-0.1, -0.05) is 6.07 Å². The maximum Gasteiger partial charge on any atom is 0.450 e. The van der Waals surface area contributed by atoms with Crippen molar-refractivity contribution in [1.82, 2.24) is 9.38 Å². The van der Waals surface area contributed by atoms with Crippen LogP contribution in [-0.2, 0) is 12.7 Å². The second-order valence-electron chi connectivity index (χ2n) is 3.06. The van der Waals surface area contributed by atoms with Gasteiger partial charge in [0.25, 0.3) is 0 Å². The van der Waals surface area contributed by atoms with Crippen molar-refractivity contribution in [2.45, 2.75) is 12.7 Å². The molecule has 2 heterocycles. The number of hydrogen-bond acceptors (Lipinski definition) is 2. The lowest BCUT2D eigenvalue weighted by atomic mass is 10.3. The van der Waals surface area contributed by atoms with Gasteiger partial charge in [-0.15, -0.1) is 0 Å². The molecule has 0 spiro atoms. The van der Waals surface area contributed by atoms with E-state index in [1.807, 2.05) is 0 Å². The largest absolute Gasteiger partial charge is 0.450 e. The Morgan fingerprint density at radius 2 is 2.07 bits per heavy atom. The van der Waals surface area contributed by atoms with E-state index in [-0.39, 0.29) is 6.54 Å². The Balaban J connectivity index is 2.77. The van der Waals surface area contributed by atoms with E-state index in [0.717, 1.165) is 4.40 Å². The minimum absolute atomic E-state index is 0.0385. The second kappa shape index (κ2) is 3.23. The fourth-order valence-electron chi connectivity index (χ4n) is 1.48. The third-order valence-electron chi connectivity index (χ3n) is 2.09. The molecular formula is C9H8F3N3. The lowest BCUT2D eigenvalue weighted by Gasteiger charge is -2.08. The molecule has 0 aliphatic rings. The molecule has 0 amide bonds. The van der Waals surface area contributed by atoms with Crippen LogP contribution in [0.2, 0.25) is 0 Å². The van der Waals surface area contributed by atoms with Gasteiger partial charge in [0.15, 0.2) is 0 Å². The van der Waals surface area contributed by atoms with Crippen molar-refractivity contribution < 1.29 is 13.2 Å². The number of nitrogens with zero attached hydrogens (tertiary/aromatic N) is 2. The molecule has 2 aromatic heterocycles. The molecular weight excluding hydrogens is 207 g/mol. The quantitative estimate of drug-likeness (QED) is 0.788. The van der Waals surface area contributed by atoms with Crippen molar-refractivity contribution in [2.75, 3.05) is 0 Å². The number of nitrogens with two attached hydrogens (primary N) is 1. The highest BCUT2D eigenvalue weighted by Crippen LogP contribution is 2.29. The summed E-state index contributed by atoms with van der Waals surface area (Å²) in [7, 11) is 0. The Labute approximate surface area is 83.3 Å². The first-order valence-corrected chi connectivity index (χ1v) is 4.26. The van der Waals surface area contributed by atoms with Crippen molar-refractivity contribution in [3.05, 3.63) is 35.9 Å². The van der Waals surface area contributed by atoms with E-state index in [4.69, 9.17) is 5.73 Å². The highest BCUT2D eigenvalue weighted by atomic mass is 19.4. The van der Waals surface area contributed by atoms with Crippen LogP contribution in [0.3, 0.4) is 0 Å². The van der Waals surface area contributed by atoms with E-state index in [2.05, 4.69) is 4.98 Å². The number of fused-ring (bicyclic) bond motifs is 1. The summed E-state index contributed by atoms with van der Waals surface area (Å²) in [6, 6.07) is 4.75. The number of imidazole rings is 1. The minimum atomic E-state index is -4.46. The van der Waals surface area contributed by atoms with E-state index in [0.29, 0.717) is 11.2 Å². The molecule has 0 saturated carbocycles. The van der Waals surface area contributed by atoms with E-state index < -0.39 is 12.0 Å². The van der Waals surface area contributed by atoms with Crippen LogP contribution in [0.1, 0.15) is 11.5 Å². The molecule has 0 unspecified atom stereocenters. The molecule has 2 N–H and O–H groups in total. The molecule has 0 aliphatic heterocycles. The van der Waals surface area contributed by atoms with Crippen LogP contribution in [0.5, 0.6) is 0 Å². The number of alkyl halides is 3. The van der Waals surface area contributed by atoms with Crippen molar-refractivity contribution in [3.63, 3.8) is 0 Å². The van der Waals surface area contributed by atoms with Crippen LogP contribution in [0.4, 0.5) is 13.2 Å². The molecule has 0 fully saturated rings. The highest BCUT2D eigenvalue weighted by Gasteiger charge is 2.36. The number of rotatable bonds is 1. The van der Waals surface area contributed by atoms with E-state index in [9.17, 15) is 13.2 Å². The van der Waals surface area contributed by atoms with Gasteiger partial charge in [-0.05, 0) is 12.1 Å². The first-order chi connectivity index (χ1) is 7.04. The lowest BCUT2D eigenvalue weighted by Crippen LogP contribution is -2.14. The van der Waals surface area contributed by atoms with Crippen LogP contribution in [0, 0.1) is 0 Å². The van der Waals surface area contributed by atoms with Gasteiger partial charge < -0.3 is 5.73 Å². The van der Waals surface area contributed by atoms with Crippen molar-refractivity contribution in [3.8, 4) is 0 Å². The predicted molar refractivity (Wildman–Crippen MR) is 48.1 cm³/mol. The Hall–Kier alpha value is -1.56. The number of hydrogen-bond donors (Lipinski definition) is 1. The number of aromatic nitrogens is 2. The van der Waals surface area contributed by atoms with Crippen molar-refractivity contribution in [1.29, 1.82) is 0 Å². The zero-order chi connectivity index (χ0) is 11.1. The normalized spacial score (nSPS) is 12.3. The monoisotopic (exact) mass is 215 g/mol. The molecule has 0 aliphatic carbocycles. The smallest absolute Gasteiger partial charge is 0.325 e. The molecule has 0 bridgehead atoms. The lowest BCUT2D eigenvalue weighted by molar-refractivity contribution is -0.145. The molecule has 0 radical (unpaired) electrons. The first-order valence-electron chi connectivity index (χ1n) is 4.26. The van der Waals surface area contributed by atoms with Crippen LogP contribution < -0.4 is 5.73 Å². The fraction of sp³-hybridized carbons (Fsp3) is 0.222. The summed E-state index contributed by atoms with van der Waals surface area (Å²) in [6.07, 6.45) is -3.28. The number of pyridine rings is 1. The Bertz CT molecular complexity index is 487. The maximum absolute atomic E-state index is 12.5. The molecule has 3 nitrogen and oxygen atoms in total. The molecule has 15 heavy (non-hydrogen) atoms. The molecule has 0 atom stereocenters. The van der Waals surface area contributed by atoms with Gasteiger partial charge in [0.1, 0.15) is 0 Å². The first kappa shape index (κ1) is 9.97. The zero-order valence-electron chi connectivity index (χ0n) is 7.62. The highest BCUT2D eigenvalue weighted by molar-refractivity contribution is 5.47. The van der Waals surface area contributed by atoms with E-state index in [1.165, 1.54) is 6.20 Å². The van der Waals surface area contributed by atoms with Crippen LogP contribution >= 0.6 is 0 Å². The molecule has 0 saturated heterocycles. The maximum atomic E-state index is 12.5. The average molecular weight is 215 g/mol. The standard InChI is InChI=1S/C9H8F3N3/c10-9(11,12)8-14-5-7-3-1-2-6(4-13)15(7)8/h1-3,5H,4,13H2. The summed E-state index contributed by atoms with van der Waals surface area (Å²) < 4.78 is 38.7. The molecule has 6 heteroatoms. The molecule has 80 valence electrons. The number of halogens is 3. The van der Waals surface area contributed by atoms with E-state index in [1.54, 1.807) is 18.2 Å². The van der Waals surface area contributed by atoms with Crippen molar-refractivity contribution >= 4 is 5.52 Å². The summed E-state index contributed by atoms with van der Waals surface area (Å²) in [5, 5.41) is 0. The Morgan fingerprint density at radius 3 is 2.67 bits per heavy atom. The zero-order valence-corrected chi connectivity index (χ0v) is 7.62. The summed E-state index contributed by atoms with van der Waals surface area (Å²) in [6.45, 7) is 0.0385. The van der Waals surface area contributed by atoms with Crippen LogP contribution in [0.25, 0.3) is 5.52 Å². The Morgan fingerprint density at radius 1 is 1.33 bits per heavy atom. The fourth-order valence-corrected chi connectivity index (χ4v) is 1.48. The predicted octanol–water partition coefficient (Wildman–Crippen LogP) is 1.81. The SMILES string of the molecule is NCc1cccc2cnc(C(F)(F)F)n12. The summed E-state index contributed by atoms with van der Waals surface area (Å²) in [4.78, 5) is 3.36. The third-order valence-corrected chi connectivity index (χ3v) is 2.09. The van der Waals surface area contributed by atoms with E-state index >= 15 is 0 Å². The summed E-state index contributed by atoms with van der Waals surface area (Å²) in [5.41, 5.74) is 6.15. The van der Waals surface area contributed by atoms with Crippen LogP contribution in [0.15, 0.2) is 24.4 Å². The van der Waals surface area contributed by atoms with Gasteiger partial charge in [-0.25, -0.2) is 4.98 Å². The van der Waals surface area contributed by atoms with Gasteiger partial charge in [-0.2, -0.15) is 13.2 Å². The van der Waals surface area contributed by atoms with Gasteiger partial charge in [-0.3, -0.25) is 4.40 Å². The molecule has 2 rings (SSSR count). The van der Waals surface area contributed by atoms with Gasteiger partial charge >= 0.3 is 6.18 Å². The Kier molecular flexibility index (Phi) is 2.15. The summed E-state index contributed by atoms with van der Waals surface area (Å²) >= 11 is 0.